The summed E-state index contributed by atoms with van der Waals surface area (Å²) in [5.41, 5.74) is 0. The minimum atomic E-state index is -3.69. The van der Waals surface area contributed by atoms with Gasteiger partial charge in [0.15, 0.2) is 5.82 Å². The van der Waals surface area contributed by atoms with E-state index in [9.17, 15) is 18.0 Å². The topological polar surface area (TPSA) is 113 Å². The number of aromatic nitrogens is 1. The lowest BCUT2D eigenvalue weighted by Gasteiger charge is -2.33. The van der Waals surface area contributed by atoms with E-state index in [4.69, 9.17) is 4.52 Å². The van der Waals surface area contributed by atoms with Crippen molar-refractivity contribution in [3.8, 4) is 0 Å². The van der Waals surface area contributed by atoms with E-state index in [1.54, 1.807) is 25.1 Å². The molecule has 0 saturated carbocycles. The van der Waals surface area contributed by atoms with Crippen molar-refractivity contribution in [1.29, 1.82) is 0 Å². The molecule has 0 unspecified atom stereocenters. The van der Waals surface area contributed by atoms with Crippen LogP contribution in [0.1, 0.15) is 18.6 Å². The molecule has 2 heterocycles. The van der Waals surface area contributed by atoms with Crippen molar-refractivity contribution in [2.24, 2.45) is 5.92 Å². The molecular weight excluding hydrogens is 476 g/mol. The summed E-state index contributed by atoms with van der Waals surface area (Å²) in [6.45, 7) is 1.99. The number of halogens is 1. The largest absolute Gasteiger partial charge is 0.360 e. The Morgan fingerprint density at radius 2 is 2.03 bits per heavy atom. The van der Waals surface area contributed by atoms with E-state index < -0.39 is 21.8 Å². The van der Waals surface area contributed by atoms with Gasteiger partial charge in [-0.3, -0.25) is 9.59 Å². The van der Waals surface area contributed by atoms with Crippen molar-refractivity contribution in [2.45, 2.75) is 24.7 Å². The maximum Gasteiger partial charge on any atom is 0.245 e. The Kier molecular flexibility index (Phi) is 6.94. The monoisotopic (exact) mass is 498 g/mol. The molecule has 1 aromatic heterocycles. The summed E-state index contributed by atoms with van der Waals surface area (Å²) >= 11 is 3.29. The molecule has 2 amide bonds. The van der Waals surface area contributed by atoms with Crippen molar-refractivity contribution in [3.05, 3.63) is 40.6 Å². The molecule has 30 heavy (non-hydrogen) atoms. The second kappa shape index (κ2) is 9.27. The Morgan fingerprint density at radius 3 is 2.67 bits per heavy atom. The summed E-state index contributed by atoms with van der Waals surface area (Å²) in [7, 11) is -2.16. The molecule has 1 saturated heterocycles. The SMILES string of the molecule is Cc1cc(NC(=O)CN(C)C(=O)[C@@H]2CCCN(S(=O)(=O)c3ccc(Br)cc3)C2)no1. The number of piperidine rings is 1. The first-order chi connectivity index (χ1) is 14.2. The molecule has 3 rings (SSSR count). The zero-order chi connectivity index (χ0) is 21.9. The molecule has 0 radical (unpaired) electrons. The number of amides is 2. The molecule has 2 aromatic rings. The zero-order valence-corrected chi connectivity index (χ0v) is 19.1. The van der Waals surface area contributed by atoms with E-state index in [2.05, 4.69) is 26.4 Å². The number of carbonyl (C=O) groups excluding carboxylic acids is 2. The van der Waals surface area contributed by atoms with Gasteiger partial charge in [0.2, 0.25) is 21.8 Å². The second-order valence-electron chi connectivity index (χ2n) is 7.22. The average molecular weight is 499 g/mol. The van der Waals surface area contributed by atoms with Crippen LogP contribution in [-0.4, -0.2) is 61.3 Å². The third-order valence-electron chi connectivity index (χ3n) is 4.84. The molecule has 1 atom stereocenters. The molecule has 9 nitrogen and oxygen atoms in total. The van der Waals surface area contributed by atoms with Gasteiger partial charge < -0.3 is 14.7 Å². The van der Waals surface area contributed by atoms with Gasteiger partial charge in [0.25, 0.3) is 0 Å². The summed E-state index contributed by atoms with van der Waals surface area (Å²) in [4.78, 5) is 26.5. The van der Waals surface area contributed by atoms with Crippen molar-refractivity contribution in [3.63, 3.8) is 0 Å². The minimum absolute atomic E-state index is 0.0890. The third kappa shape index (κ3) is 5.27. The lowest BCUT2D eigenvalue weighted by Crippen LogP contribution is -2.47. The lowest BCUT2D eigenvalue weighted by molar-refractivity contribution is -0.138. The van der Waals surface area contributed by atoms with Crippen LogP contribution in [0.15, 0.2) is 44.2 Å². The summed E-state index contributed by atoms with van der Waals surface area (Å²) in [5.74, 6) is -0.339. The summed E-state index contributed by atoms with van der Waals surface area (Å²) in [5, 5.41) is 6.24. The van der Waals surface area contributed by atoms with Gasteiger partial charge in [-0.05, 0) is 44.0 Å². The Labute approximate surface area is 183 Å². The summed E-state index contributed by atoms with van der Waals surface area (Å²) < 4.78 is 32.9. The third-order valence-corrected chi connectivity index (χ3v) is 7.25. The number of carbonyl (C=O) groups is 2. The molecule has 1 aliphatic heterocycles. The van der Waals surface area contributed by atoms with Crippen LogP contribution in [0.2, 0.25) is 0 Å². The Bertz CT molecular complexity index is 1020. The maximum absolute atomic E-state index is 12.9. The Balaban J connectivity index is 1.61. The molecule has 1 N–H and O–H groups in total. The van der Waals surface area contributed by atoms with Gasteiger partial charge in [-0.15, -0.1) is 0 Å². The molecule has 0 bridgehead atoms. The maximum atomic E-state index is 12.9. The van der Waals surface area contributed by atoms with Crippen molar-refractivity contribution < 1.29 is 22.5 Å². The first-order valence-electron chi connectivity index (χ1n) is 9.40. The average Bonchev–Trinajstić information content (AvgIpc) is 3.12. The molecule has 162 valence electrons. The highest BCUT2D eigenvalue weighted by Gasteiger charge is 2.34. The minimum Gasteiger partial charge on any atom is -0.360 e. The summed E-state index contributed by atoms with van der Waals surface area (Å²) in [6.07, 6.45) is 1.14. The lowest BCUT2D eigenvalue weighted by atomic mass is 9.98. The zero-order valence-electron chi connectivity index (χ0n) is 16.7. The number of nitrogens with one attached hydrogen (secondary N) is 1. The van der Waals surface area contributed by atoms with E-state index >= 15 is 0 Å². The fourth-order valence-electron chi connectivity index (χ4n) is 3.33. The van der Waals surface area contributed by atoms with Crippen LogP contribution in [0.4, 0.5) is 5.82 Å². The van der Waals surface area contributed by atoms with Gasteiger partial charge in [-0.2, -0.15) is 4.31 Å². The van der Waals surface area contributed by atoms with E-state index in [1.807, 2.05) is 0 Å². The van der Waals surface area contributed by atoms with E-state index in [0.717, 1.165) is 4.47 Å². The molecule has 0 aliphatic carbocycles. The fraction of sp³-hybridized carbons (Fsp3) is 0.421. The molecule has 1 aliphatic rings. The standard InChI is InChI=1S/C19H23BrN4O5S/c1-13-10-17(22-29-13)21-18(25)12-23(2)19(26)14-4-3-9-24(11-14)30(27,28)16-7-5-15(20)6-8-16/h5-8,10,14H,3-4,9,11-12H2,1-2H3,(H,21,22,25)/t14-/m1/s1. The molecular formula is C19H23BrN4O5S. The van der Waals surface area contributed by atoms with E-state index in [0.29, 0.717) is 25.1 Å². The smallest absolute Gasteiger partial charge is 0.245 e. The number of aryl methyl sites for hydroxylation is 1. The predicted octanol–water partition coefficient (Wildman–Crippen LogP) is 2.24. The van der Waals surface area contributed by atoms with Crippen LogP contribution >= 0.6 is 15.9 Å². The van der Waals surface area contributed by atoms with Crippen LogP contribution in [-0.2, 0) is 19.6 Å². The van der Waals surface area contributed by atoms with Gasteiger partial charge in [0, 0.05) is 30.7 Å². The molecule has 1 fully saturated rings. The van der Waals surface area contributed by atoms with Gasteiger partial charge >= 0.3 is 0 Å². The van der Waals surface area contributed by atoms with Gasteiger partial charge in [-0.1, -0.05) is 21.1 Å². The number of rotatable bonds is 6. The van der Waals surface area contributed by atoms with Gasteiger partial charge in [-0.25, -0.2) is 8.42 Å². The van der Waals surface area contributed by atoms with E-state index in [1.165, 1.54) is 28.4 Å². The van der Waals surface area contributed by atoms with Crippen molar-refractivity contribution >= 4 is 43.6 Å². The predicted molar refractivity (Wildman–Crippen MR) is 113 cm³/mol. The highest BCUT2D eigenvalue weighted by atomic mass is 79.9. The highest BCUT2D eigenvalue weighted by Crippen LogP contribution is 2.25. The molecule has 1 aromatic carbocycles. The fourth-order valence-corrected chi connectivity index (χ4v) is 5.12. The first kappa shape index (κ1) is 22.4. The van der Waals surface area contributed by atoms with Crippen molar-refractivity contribution in [1.82, 2.24) is 14.4 Å². The normalized spacial score (nSPS) is 17.5. The number of sulfonamides is 1. The Hall–Kier alpha value is -2.24. The van der Waals surface area contributed by atoms with Crippen LogP contribution < -0.4 is 5.32 Å². The van der Waals surface area contributed by atoms with Gasteiger partial charge in [0.05, 0.1) is 17.4 Å². The molecule has 0 spiro atoms. The molecule has 11 heteroatoms. The highest BCUT2D eigenvalue weighted by molar-refractivity contribution is 9.10. The van der Waals surface area contributed by atoms with Crippen LogP contribution in [0.3, 0.4) is 0 Å². The number of hydrogen-bond acceptors (Lipinski definition) is 6. The van der Waals surface area contributed by atoms with Crippen LogP contribution in [0, 0.1) is 12.8 Å². The number of benzene rings is 1. The van der Waals surface area contributed by atoms with Gasteiger partial charge in [0.1, 0.15) is 5.76 Å². The first-order valence-corrected chi connectivity index (χ1v) is 11.6. The number of hydrogen-bond donors (Lipinski definition) is 1. The van der Waals surface area contributed by atoms with Crippen LogP contribution in [0.5, 0.6) is 0 Å². The van der Waals surface area contributed by atoms with E-state index in [-0.39, 0.29) is 29.7 Å². The number of nitrogens with zero attached hydrogens (tertiary/aromatic N) is 3. The second-order valence-corrected chi connectivity index (χ2v) is 10.1. The van der Waals surface area contributed by atoms with Crippen molar-refractivity contribution in [2.75, 3.05) is 32.0 Å². The van der Waals surface area contributed by atoms with Crippen LogP contribution in [0.25, 0.3) is 0 Å². The summed E-state index contributed by atoms with van der Waals surface area (Å²) in [6, 6.07) is 7.98. The number of likely N-dealkylation sites (N-methyl/N-ethyl adjacent to an activating group) is 1. The Morgan fingerprint density at radius 1 is 1.33 bits per heavy atom. The quantitative estimate of drug-likeness (QED) is 0.653. The number of anilines is 1.